The molecule has 138 valence electrons. The number of carbonyl (C=O) groups excluding carboxylic acids is 1. The fourth-order valence-corrected chi connectivity index (χ4v) is 3.67. The molecule has 0 aliphatic heterocycles. The topological polar surface area (TPSA) is 57.0 Å². The minimum atomic E-state index is 0.0412. The zero-order valence-electron chi connectivity index (χ0n) is 14.8. The van der Waals surface area contributed by atoms with Gasteiger partial charge in [0.05, 0.1) is 18.4 Å². The summed E-state index contributed by atoms with van der Waals surface area (Å²) >= 11 is 4.74. The summed E-state index contributed by atoms with van der Waals surface area (Å²) in [7, 11) is 1.62. The Hall–Kier alpha value is -2.38. The predicted octanol–water partition coefficient (Wildman–Crippen LogP) is 4.88. The number of Topliss-reactive ketones (excluding diaryl/α,β-unsaturated/α-hetero) is 1. The molecule has 1 aromatic heterocycles. The molecule has 0 bridgehead atoms. The molecule has 0 unspecified atom stereocenters. The number of ketones is 1. The van der Waals surface area contributed by atoms with Crippen LogP contribution in [0, 0.1) is 0 Å². The van der Waals surface area contributed by atoms with Crippen molar-refractivity contribution in [1.29, 1.82) is 0 Å². The number of ether oxygens (including phenoxy) is 1. The molecule has 0 saturated heterocycles. The maximum atomic E-state index is 12.4. The molecule has 2 aromatic carbocycles. The summed E-state index contributed by atoms with van der Waals surface area (Å²) < 4.78 is 8.31. The third kappa shape index (κ3) is 4.48. The Kier molecular flexibility index (Phi) is 6.47. The number of hydrogen-bond donors (Lipinski definition) is 0. The Bertz CT molecular complexity index is 954. The molecular weight excluding hydrogens is 426 g/mol. The molecule has 3 aromatic rings. The second-order valence-corrected chi connectivity index (χ2v) is 7.48. The molecule has 0 atom stereocenters. The molecule has 0 N–H and O–H groups in total. The van der Waals surface area contributed by atoms with Crippen LogP contribution in [-0.2, 0) is 6.54 Å². The molecule has 0 amide bonds. The minimum absolute atomic E-state index is 0.0412. The van der Waals surface area contributed by atoms with Crippen molar-refractivity contribution in [3.05, 3.63) is 71.2 Å². The van der Waals surface area contributed by atoms with E-state index in [0.29, 0.717) is 23.1 Å². The van der Waals surface area contributed by atoms with E-state index in [1.54, 1.807) is 13.2 Å². The molecule has 1 heterocycles. The first-order valence-electron chi connectivity index (χ1n) is 8.23. The molecule has 0 spiro atoms. The van der Waals surface area contributed by atoms with Gasteiger partial charge in [-0.25, -0.2) is 0 Å². The zero-order chi connectivity index (χ0) is 19.2. The average Bonchev–Trinajstić information content (AvgIpc) is 3.09. The molecule has 0 aliphatic carbocycles. The number of hydrogen-bond acceptors (Lipinski definition) is 5. The van der Waals surface area contributed by atoms with Gasteiger partial charge in [-0.05, 0) is 24.3 Å². The number of methoxy groups -OCH3 is 1. The number of benzene rings is 2. The lowest BCUT2D eigenvalue weighted by molar-refractivity contribution is 0.102. The number of nitrogens with zero attached hydrogens (tertiary/aromatic N) is 3. The van der Waals surface area contributed by atoms with E-state index >= 15 is 0 Å². The van der Waals surface area contributed by atoms with E-state index in [4.69, 9.17) is 4.74 Å². The van der Waals surface area contributed by atoms with Crippen LogP contribution in [0.3, 0.4) is 0 Å². The van der Waals surface area contributed by atoms with Gasteiger partial charge in [-0.3, -0.25) is 9.36 Å². The van der Waals surface area contributed by atoms with Crippen LogP contribution in [0.25, 0.3) is 11.4 Å². The summed E-state index contributed by atoms with van der Waals surface area (Å²) in [5.41, 5.74) is 1.52. The van der Waals surface area contributed by atoms with Crippen molar-refractivity contribution < 1.29 is 9.53 Å². The van der Waals surface area contributed by atoms with Crippen molar-refractivity contribution in [1.82, 2.24) is 14.8 Å². The number of halogens is 1. The highest BCUT2D eigenvalue weighted by molar-refractivity contribution is 9.10. The van der Waals surface area contributed by atoms with Crippen LogP contribution in [0.1, 0.15) is 10.4 Å². The van der Waals surface area contributed by atoms with E-state index in [9.17, 15) is 4.79 Å². The van der Waals surface area contributed by atoms with Crippen molar-refractivity contribution in [3.8, 4) is 17.1 Å². The summed E-state index contributed by atoms with van der Waals surface area (Å²) in [6, 6.07) is 15.0. The SMILES string of the molecule is C=CCn1c(SCC(=O)c2ccc(Br)cc2)nnc1-c1ccccc1OC. The van der Waals surface area contributed by atoms with Crippen LogP contribution in [0.15, 0.2) is 70.8 Å². The Morgan fingerprint density at radius 3 is 2.67 bits per heavy atom. The summed E-state index contributed by atoms with van der Waals surface area (Å²) in [6.07, 6.45) is 1.78. The number of rotatable bonds is 8. The van der Waals surface area contributed by atoms with Crippen LogP contribution < -0.4 is 4.74 Å². The first-order valence-corrected chi connectivity index (χ1v) is 10.0. The average molecular weight is 444 g/mol. The maximum Gasteiger partial charge on any atom is 0.192 e. The molecule has 3 rings (SSSR count). The monoisotopic (exact) mass is 443 g/mol. The second kappa shape index (κ2) is 9.01. The van der Waals surface area contributed by atoms with Gasteiger partial charge in [0.15, 0.2) is 16.8 Å². The van der Waals surface area contributed by atoms with Crippen LogP contribution in [0.2, 0.25) is 0 Å². The summed E-state index contributed by atoms with van der Waals surface area (Å²) in [6.45, 7) is 4.35. The third-order valence-electron chi connectivity index (χ3n) is 3.87. The molecule has 0 saturated carbocycles. The molecule has 0 aliphatic rings. The van der Waals surface area contributed by atoms with E-state index < -0.39 is 0 Å². The van der Waals surface area contributed by atoms with Crippen molar-refractivity contribution >= 4 is 33.5 Å². The number of allylic oxidation sites excluding steroid dienone is 1. The quantitative estimate of drug-likeness (QED) is 0.282. The lowest BCUT2D eigenvalue weighted by atomic mass is 10.2. The van der Waals surface area contributed by atoms with Gasteiger partial charge < -0.3 is 4.74 Å². The van der Waals surface area contributed by atoms with Crippen molar-refractivity contribution in [3.63, 3.8) is 0 Å². The van der Waals surface area contributed by atoms with Gasteiger partial charge >= 0.3 is 0 Å². The van der Waals surface area contributed by atoms with Crippen molar-refractivity contribution in [2.45, 2.75) is 11.7 Å². The van der Waals surface area contributed by atoms with Gasteiger partial charge in [-0.2, -0.15) is 0 Å². The first kappa shape index (κ1) is 19.4. The number of thioether (sulfide) groups is 1. The third-order valence-corrected chi connectivity index (χ3v) is 5.37. The molecule has 0 fully saturated rings. The molecule has 0 radical (unpaired) electrons. The normalized spacial score (nSPS) is 10.6. The van der Waals surface area contributed by atoms with Crippen LogP contribution in [0.4, 0.5) is 0 Å². The zero-order valence-corrected chi connectivity index (χ0v) is 17.2. The minimum Gasteiger partial charge on any atom is -0.496 e. The lowest BCUT2D eigenvalue weighted by Crippen LogP contribution is -2.05. The summed E-state index contributed by atoms with van der Waals surface area (Å²) in [4.78, 5) is 12.4. The van der Waals surface area contributed by atoms with Gasteiger partial charge in [-0.1, -0.05) is 58.0 Å². The fourth-order valence-electron chi connectivity index (χ4n) is 2.57. The lowest BCUT2D eigenvalue weighted by Gasteiger charge is -2.10. The van der Waals surface area contributed by atoms with E-state index in [1.807, 2.05) is 53.1 Å². The molecule has 27 heavy (non-hydrogen) atoms. The highest BCUT2D eigenvalue weighted by Gasteiger charge is 2.18. The van der Waals surface area contributed by atoms with E-state index in [1.165, 1.54) is 11.8 Å². The van der Waals surface area contributed by atoms with E-state index in [2.05, 4.69) is 32.7 Å². The highest BCUT2D eigenvalue weighted by atomic mass is 79.9. The second-order valence-electron chi connectivity index (χ2n) is 5.62. The predicted molar refractivity (Wildman–Crippen MR) is 111 cm³/mol. The van der Waals surface area contributed by atoms with Gasteiger partial charge in [0.25, 0.3) is 0 Å². The molecule has 7 heteroatoms. The van der Waals surface area contributed by atoms with Gasteiger partial charge in [0.1, 0.15) is 5.75 Å². The Morgan fingerprint density at radius 2 is 1.96 bits per heavy atom. The Labute approximate surface area is 170 Å². The Balaban J connectivity index is 1.84. The van der Waals surface area contributed by atoms with Crippen LogP contribution >= 0.6 is 27.7 Å². The van der Waals surface area contributed by atoms with Gasteiger partial charge in [0.2, 0.25) is 0 Å². The largest absolute Gasteiger partial charge is 0.496 e. The number of para-hydroxylation sites is 1. The van der Waals surface area contributed by atoms with Crippen LogP contribution in [-0.4, -0.2) is 33.4 Å². The van der Waals surface area contributed by atoms with Crippen molar-refractivity contribution in [2.24, 2.45) is 0 Å². The fraction of sp³-hybridized carbons (Fsp3) is 0.150. The maximum absolute atomic E-state index is 12.4. The summed E-state index contributed by atoms with van der Waals surface area (Å²) in [5, 5.41) is 9.27. The number of aromatic nitrogens is 3. The van der Waals surface area contributed by atoms with Gasteiger partial charge in [0, 0.05) is 16.6 Å². The first-order chi connectivity index (χ1) is 13.1. The van der Waals surface area contributed by atoms with Crippen molar-refractivity contribution in [2.75, 3.05) is 12.9 Å². The van der Waals surface area contributed by atoms with Gasteiger partial charge in [-0.15, -0.1) is 16.8 Å². The molecular formula is C20H18BrN3O2S. The van der Waals surface area contributed by atoms with E-state index in [0.717, 1.165) is 15.8 Å². The molecule has 5 nitrogen and oxygen atoms in total. The summed E-state index contributed by atoms with van der Waals surface area (Å²) in [5.74, 6) is 1.73. The Morgan fingerprint density at radius 1 is 1.22 bits per heavy atom. The van der Waals surface area contributed by atoms with Crippen LogP contribution in [0.5, 0.6) is 5.75 Å². The number of carbonyl (C=O) groups is 1. The smallest absolute Gasteiger partial charge is 0.192 e. The highest BCUT2D eigenvalue weighted by Crippen LogP contribution is 2.31. The standard InChI is InChI=1S/C20H18BrN3O2S/c1-3-12-24-19(16-6-4-5-7-18(16)26-2)22-23-20(24)27-13-17(25)14-8-10-15(21)11-9-14/h3-11H,1,12-13H2,2H3. The van der Waals surface area contributed by atoms with E-state index in [-0.39, 0.29) is 11.5 Å².